The van der Waals surface area contributed by atoms with Crippen molar-refractivity contribution in [2.45, 2.75) is 32.2 Å². The van der Waals surface area contributed by atoms with Gasteiger partial charge < -0.3 is 14.9 Å². The third-order valence-electron chi connectivity index (χ3n) is 2.47. The molecular weight excluding hydrogens is 236 g/mol. The summed E-state index contributed by atoms with van der Waals surface area (Å²) >= 11 is 0. The van der Waals surface area contributed by atoms with Crippen molar-refractivity contribution < 1.29 is 24.5 Å². The van der Waals surface area contributed by atoms with Crippen molar-refractivity contribution >= 4 is 11.8 Å². The normalized spacial score (nSPS) is 13.7. The number of rotatable bonds is 6. The molecule has 0 aromatic heterocycles. The average Bonchev–Trinajstić information content (AvgIpc) is 2.43. The summed E-state index contributed by atoms with van der Waals surface area (Å²) in [6, 6.07) is 8.86. The minimum atomic E-state index is -1.72. The first-order valence-electron chi connectivity index (χ1n) is 5.67. The molecule has 0 saturated heterocycles. The van der Waals surface area contributed by atoms with Crippen LogP contribution < -0.4 is 0 Å². The predicted molar refractivity (Wildman–Crippen MR) is 63.5 cm³/mol. The Labute approximate surface area is 105 Å². The van der Waals surface area contributed by atoms with Crippen molar-refractivity contribution in [3.8, 4) is 0 Å². The molecule has 1 aromatic carbocycles. The third kappa shape index (κ3) is 3.94. The van der Waals surface area contributed by atoms with Crippen molar-refractivity contribution in [3.63, 3.8) is 0 Å². The summed E-state index contributed by atoms with van der Waals surface area (Å²) in [5.41, 5.74) is 0.740. The van der Waals surface area contributed by atoms with E-state index in [9.17, 15) is 19.8 Å². The minimum Gasteiger partial charge on any atom is -0.455 e. The van der Waals surface area contributed by atoms with E-state index < -0.39 is 24.0 Å². The van der Waals surface area contributed by atoms with E-state index in [1.54, 1.807) is 31.2 Å². The Kier molecular flexibility index (Phi) is 5.48. The van der Waals surface area contributed by atoms with Crippen molar-refractivity contribution in [2.75, 3.05) is 0 Å². The molecule has 98 valence electrons. The number of carbonyl (C=O) groups is 2. The third-order valence-corrected chi connectivity index (χ3v) is 2.47. The van der Waals surface area contributed by atoms with Crippen LogP contribution in [-0.4, -0.2) is 34.2 Å². The number of aliphatic hydroxyl groups is 2. The van der Waals surface area contributed by atoms with E-state index in [2.05, 4.69) is 0 Å². The maximum Gasteiger partial charge on any atom is 0.377 e. The fourth-order valence-electron chi connectivity index (χ4n) is 1.31. The van der Waals surface area contributed by atoms with Crippen LogP contribution in [0.15, 0.2) is 30.3 Å². The van der Waals surface area contributed by atoms with Gasteiger partial charge in [-0.3, -0.25) is 4.79 Å². The lowest BCUT2D eigenvalue weighted by Gasteiger charge is -2.13. The van der Waals surface area contributed by atoms with E-state index in [-0.39, 0.29) is 13.0 Å². The Morgan fingerprint density at radius 2 is 1.83 bits per heavy atom. The molecule has 0 bridgehead atoms. The lowest BCUT2D eigenvalue weighted by Crippen LogP contribution is -2.38. The molecule has 0 aliphatic carbocycles. The summed E-state index contributed by atoms with van der Waals surface area (Å²) in [7, 11) is 0. The Bertz CT molecular complexity index is 401. The lowest BCUT2D eigenvalue weighted by atomic mass is 10.1. The quantitative estimate of drug-likeness (QED) is 0.566. The molecule has 1 aromatic rings. The van der Waals surface area contributed by atoms with Gasteiger partial charge in [-0.25, -0.2) is 4.79 Å². The molecular formula is C13H16O5. The first-order chi connectivity index (χ1) is 8.56. The van der Waals surface area contributed by atoms with Gasteiger partial charge in [-0.15, -0.1) is 0 Å². The molecule has 1 rings (SSSR count). The zero-order chi connectivity index (χ0) is 13.5. The van der Waals surface area contributed by atoms with Crippen LogP contribution >= 0.6 is 0 Å². The van der Waals surface area contributed by atoms with Gasteiger partial charge in [-0.2, -0.15) is 0 Å². The number of ketones is 1. The van der Waals surface area contributed by atoms with Crippen molar-refractivity contribution in [3.05, 3.63) is 35.9 Å². The number of carbonyl (C=O) groups excluding carboxylic acids is 2. The summed E-state index contributed by atoms with van der Waals surface area (Å²) in [4.78, 5) is 22.7. The fourth-order valence-corrected chi connectivity index (χ4v) is 1.31. The largest absolute Gasteiger partial charge is 0.455 e. The summed E-state index contributed by atoms with van der Waals surface area (Å²) in [6.07, 6.45) is -2.79. The van der Waals surface area contributed by atoms with Gasteiger partial charge in [-0.1, -0.05) is 37.3 Å². The van der Waals surface area contributed by atoms with Crippen molar-refractivity contribution in [2.24, 2.45) is 0 Å². The second kappa shape index (κ2) is 6.88. The Balaban J connectivity index is 2.48. The van der Waals surface area contributed by atoms with Crippen LogP contribution in [0, 0.1) is 0 Å². The highest BCUT2D eigenvalue weighted by atomic mass is 16.5. The van der Waals surface area contributed by atoms with Gasteiger partial charge in [0.2, 0.25) is 0 Å². The molecule has 2 N–H and O–H groups in total. The van der Waals surface area contributed by atoms with Gasteiger partial charge in [0.1, 0.15) is 12.7 Å². The minimum absolute atomic E-state index is 0.0413. The van der Waals surface area contributed by atoms with E-state index >= 15 is 0 Å². The van der Waals surface area contributed by atoms with Crippen LogP contribution in [0.25, 0.3) is 0 Å². The van der Waals surface area contributed by atoms with Crippen LogP contribution in [0.3, 0.4) is 0 Å². The molecule has 0 saturated carbocycles. The highest BCUT2D eigenvalue weighted by molar-refractivity contribution is 6.35. The van der Waals surface area contributed by atoms with Crippen LogP contribution in [0.2, 0.25) is 0 Å². The highest BCUT2D eigenvalue weighted by Gasteiger charge is 2.29. The van der Waals surface area contributed by atoms with E-state index in [1.807, 2.05) is 6.07 Å². The first kappa shape index (κ1) is 14.3. The number of benzene rings is 1. The number of ether oxygens (including phenoxy) is 1. The molecule has 2 atom stereocenters. The van der Waals surface area contributed by atoms with Crippen molar-refractivity contribution in [1.29, 1.82) is 0 Å². The van der Waals surface area contributed by atoms with Crippen LogP contribution in [-0.2, 0) is 20.9 Å². The Morgan fingerprint density at radius 1 is 1.22 bits per heavy atom. The van der Waals surface area contributed by atoms with Gasteiger partial charge in [0.05, 0.1) is 6.10 Å². The fraction of sp³-hybridized carbons (Fsp3) is 0.385. The van der Waals surface area contributed by atoms with E-state index in [1.165, 1.54) is 0 Å². The van der Waals surface area contributed by atoms with Crippen molar-refractivity contribution in [1.82, 2.24) is 0 Å². The smallest absolute Gasteiger partial charge is 0.377 e. The molecule has 0 aliphatic rings. The number of hydrogen-bond acceptors (Lipinski definition) is 5. The maximum absolute atomic E-state index is 11.4. The zero-order valence-electron chi connectivity index (χ0n) is 10.1. The Hall–Kier alpha value is -1.72. The summed E-state index contributed by atoms with van der Waals surface area (Å²) < 4.78 is 4.75. The summed E-state index contributed by atoms with van der Waals surface area (Å²) in [5.74, 6) is -2.26. The number of esters is 1. The zero-order valence-corrected chi connectivity index (χ0v) is 10.1. The number of hydrogen-bond donors (Lipinski definition) is 2. The second-order valence-corrected chi connectivity index (χ2v) is 3.85. The van der Waals surface area contributed by atoms with E-state index in [4.69, 9.17) is 4.74 Å². The molecule has 0 radical (unpaired) electrons. The average molecular weight is 252 g/mol. The molecule has 0 aliphatic heterocycles. The topological polar surface area (TPSA) is 83.8 Å². The molecule has 5 heteroatoms. The predicted octanol–water partition coefficient (Wildman–Crippen LogP) is 0.431. The summed E-state index contributed by atoms with van der Waals surface area (Å²) in [6.45, 7) is 1.55. The molecule has 0 fully saturated rings. The van der Waals surface area contributed by atoms with Crippen LogP contribution in [0.5, 0.6) is 0 Å². The first-order valence-corrected chi connectivity index (χ1v) is 5.67. The van der Waals surface area contributed by atoms with Gasteiger partial charge in [0, 0.05) is 0 Å². The van der Waals surface area contributed by atoms with Crippen LogP contribution in [0.4, 0.5) is 0 Å². The van der Waals surface area contributed by atoms with Gasteiger partial charge >= 0.3 is 5.97 Å². The summed E-state index contributed by atoms with van der Waals surface area (Å²) in [5, 5.41) is 18.6. The van der Waals surface area contributed by atoms with Crippen LogP contribution in [0.1, 0.15) is 18.9 Å². The number of aliphatic hydroxyl groups excluding tert-OH is 2. The molecule has 2 unspecified atom stereocenters. The second-order valence-electron chi connectivity index (χ2n) is 3.85. The maximum atomic E-state index is 11.4. The van der Waals surface area contributed by atoms with E-state index in [0.29, 0.717) is 0 Å². The van der Waals surface area contributed by atoms with Gasteiger partial charge in [0.15, 0.2) is 0 Å². The monoisotopic (exact) mass is 252 g/mol. The number of Topliss-reactive ketones (excluding diaryl/α,β-unsaturated/α-hetero) is 1. The lowest BCUT2D eigenvalue weighted by molar-refractivity contribution is -0.161. The molecule has 5 nitrogen and oxygen atoms in total. The van der Waals surface area contributed by atoms with Gasteiger partial charge in [-0.05, 0) is 12.0 Å². The molecule has 0 heterocycles. The SMILES string of the molecule is CCC(O)C(O)C(=O)C(=O)OCc1ccccc1. The molecule has 0 amide bonds. The highest BCUT2D eigenvalue weighted by Crippen LogP contribution is 2.04. The molecule has 0 spiro atoms. The molecule has 18 heavy (non-hydrogen) atoms. The Morgan fingerprint density at radius 3 is 2.39 bits per heavy atom. The van der Waals surface area contributed by atoms with Gasteiger partial charge in [0.25, 0.3) is 5.78 Å². The standard InChI is InChI=1S/C13H16O5/c1-2-10(14)11(15)12(16)13(17)18-8-9-6-4-3-5-7-9/h3-7,10-11,14-15H,2,8H2,1H3. The van der Waals surface area contributed by atoms with E-state index in [0.717, 1.165) is 5.56 Å².